The van der Waals surface area contributed by atoms with E-state index < -0.39 is 12.1 Å². The Morgan fingerprint density at radius 2 is 2.47 bits per heavy atom. The molecule has 84 valence electrons. The van der Waals surface area contributed by atoms with E-state index in [2.05, 4.69) is 9.72 Å². The number of halogens is 1. The number of hydrogen-bond donors (Lipinski definition) is 1. The summed E-state index contributed by atoms with van der Waals surface area (Å²) in [5.74, 6) is -0.484. The van der Waals surface area contributed by atoms with Crippen LogP contribution >= 0.6 is 11.6 Å². The van der Waals surface area contributed by atoms with Gasteiger partial charge < -0.3 is 14.4 Å². The molecule has 0 aliphatic heterocycles. The summed E-state index contributed by atoms with van der Waals surface area (Å²) in [5.41, 5.74) is 0.449. The molecule has 5 nitrogen and oxygen atoms in total. The number of carbonyl (C=O) groups is 1. The van der Waals surface area contributed by atoms with Gasteiger partial charge in [0.2, 0.25) is 0 Å². The highest BCUT2D eigenvalue weighted by Crippen LogP contribution is 2.24. The van der Waals surface area contributed by atoms with Gasteiger partial charge in [0.05, 0.1) is 25.6 Å². The average Bonchev–Trinajstić information content (AvgIpc) is 2.59. The minimum atomic E-state index is -0.979. The lowest BCUT2D eigenvalue weighted by Crippen LogP contribution is -2.12. The first kappa shape index (κ1) is 12.0. The minimum absolute atomic E-state index is 0.123. The molecule has 1 rings (SSSR count). The number of esters is 1. The summed E-state index contributed by atoms with van der Waals surface area (Å²) in [6.07, 6.45) is 0.424. The van der Waals surface area contributed by atoms with E-state index in [9.17, 15) is 9.90 Å². The van der Waals surface area contributed by atoms with Crippen LogP contribution in [-0.2, 0) is 16.1 Å². The SMILES string of the molecule is CCn1cnc(Cl)c1C(O)CC(=O)OC. The molecule has 1 aromatic heterocycles. The zero-order valence-corrected chi connectivity index (χ0v) is 9.36. The van der Waals surface area contributed by atoms with E-state index in [0.717, 1.165) is 0 Å². The molecule has 0 aliphatic rings. The number of hydrogen-bond acceptors (Lipinski definition) is 4. The van der Waals surface area contributed by atoms with Crippen molar-refractivity contribution in [2.75, 3.05) is 7.11 Å². The van der Waals surface area contributed by atoms with Gasteiger partial charge in [-0.15, -0.1) is 0 Å². The van der Waals surface area contributed by atoms with Crippen LogP contribution in [-0.4, -0.2) is 27.7 Å². The predicted octanol–water partition coefficient (Wildman–Crippen LogP) is 1.15. The van der Waals surface area contributed by atoms with Crippen molar-refractivity contribution in [3.63, 3.8) is 0 Å². The predicted molar refractivity (Wildman–Crippen MR) is 54.5 cm³/mol. The first-order valence-electron chi connectivity index (χ1n) is 4.55. The van der Waals surface area contributed by atoms with Crippen molar-refractivity contribution in [3.05, 3.63) is 17.2 Å². The number of aromatic nitrogens is 2. The third-order valence-corrected chi connectivity index (χ3v) is 2.37. The van der Waals surface area contributed by atoms with Crippen LogP contribution in [0.25, 0.3) is 0 Å². The Morgan fingerprint density at radius 3 is 3.00 bits per heavy atom. The van der Waals surface area contributed by atoms with Gasteiger partial charge in [0, 0.05) is 6.54 Å². The van der Waals surface area contributed by atoms with Crippen LogP contribution in [0.4, 0.5) is 0 Å². The maximum atomic E-state index is 11.0. The molecule has 0 bridgehead atoms. The topological polar surface area (TPSA) is 64.3 Å². The van der Waals surface area contributed by atoms with Crippen molar-refractivity contribution in [3.8, 4) is 0 Å². The summed E-state index contributed by atoms with van der Waals surface area (Å²) in [4.78, 5) is 14.8. The highest BCUT2D eigenvalue weighted by atomic mass is 35.5. The van der Waals surface area contributed by atoms with Crippen LogP contribution in [0.1, 0.15) is 25.1 Å². The van der Waals surface area contributed by atoms with Gasteiger partial charge in [0.15, 0.2) is 5.15 Å². The Bertz CT molecular complexity index is 351. The number of aryl methyl sites for hydroxylation is 1. The number of carbonyl (C=O) groups excluding carboxylic acids is 1. The number of nitrogens with zero attached hydrogens (tertiary/aromatic N) is 2. The molecule has 1 atom stereocenters. The van der Waals surface area contributed by atoms with E-state index in [4.69, 9.17) is 11.6 Å². The quantitative estimate of drug-likeness (QED) is 0.791. The van der Waals surface area contributed by atoms with Gasteiger partial charge in [0.25, 0.3) is 0 Å². The molecule has 1 N–H and O–H groups in total. The van der Waals surface area contributed by atoms with Gasteiger partial charge in [-0.05, 0) is 6.92 Å². The molecule has 1 heterocycles. The van der Waals surface area contributed by atoms with Crippen LogP contribution in [0.5, 0.6) is 0 Å². The van der Waals surface area contributed by atoms with E-state index >= 15 is 0 Å². The van der Waals surface area contributed by atoms with Gasteiger partial charge in [0.1, 0.15) is 6.10 Å². The Kier molecular flexibility index (Phi) is 4.11. The van der Waals surface area contributed by atoms with Gasteiger partial charge in [-0.25, -0.2) is 4.98 Å². The number of imidazole rings is 1. The summed E-state index contributed by atoms with van der Waals surface area (Å²) in [6.45, 7) is 2.53. The van der Waals surface area contributed by atoms with Crippen molar-refractivity contribution >= 4 is 17.6 Å². The number of aliphatic hydroxyl groups is 1. The zero-order chi connectivity index (χ0) is 11.4. The molecule has 0 aromatic carbocycles. The highest BCUT2D eigenvalue weighted by Gasteiger charge is 2.20. The molecule has 0 fully saturated rings. The van der Waals surface area contributed by atoms with Gasteiger partial charge >= 0.3 is 5.97 Å². The lowest BCUT2D eigenvalue weighted by atomic mass is 10.2. The average molecular weight is 233 g/mol. The highest BCUT2D eigenvalue weighted by molar-refractivity contribution is 6.30. The number of ether oxygens (including phenoxy) is 1. The van der Waals surface area contributed by atoms with Crippen molar-refractivity contribution in [2.24, 2.45) is 0 Å². The molecule has 1 unspecified atom stereocenters. The molecule has 0 saturated heterocycles. The van der Waals surface area contributed by atoms with E-state index in [1.54, 1.807) is 4.57 Å². The minimum Gasteiger partial charge on any atom is -0.469 e. The van der Waals surface area contributed by atoms with Crippen LogP contribution in [0.3, 0.4) is 0 Å². The fourth-order valence-electron chi connectivity index (χ4n) is 1.29. The molecule has 15 heavy (non-hydrogen) atoms. The number of aliphatic hydroxyl groups excluding tert-OH is 1. The Morgan fingerprint density at radius 1 is 1.80 bits per heavy atom. The third kappa shape index (κ3) is 2.70. The molecular formula is C9H13ClN2O3. The molecular weight excluding hydrogens is 220 g/mol. The summed E-state index contributed by atoms with van der Waals surface area (Å²) < 4.78 is 6.15. The van der Waals surface area contributed by atoms with Crippen molar-refractivity contribution in [1.29, 1.82) is 0 Å². The van der Waals surface area contributed by atoms with E-state index in [0.29, 0.717) is 12.2 Å². The van der Waals surface area contributed by atoms with Crippen LogP contribution in [0.2, 0.25) is 5.15 Å². The molecule has 0 radical (unpaired) electrons. The Labute approximate surface area is 92.6 Å². The van der Waals surface area contributed by atoms with Crippen molar-refractivity contribution in [1.82, 2.24) is 9.55 Å². The second-order valence-electron chi connectivity index (χ2n) is 3.00. The van der Waals surface area contributed by atoms with Gasteiger partial charge in [-0.3, -0.25) is 4.79 Å². The van der Waals surface area contributed by atoms with Crippen LogP contribution < -0.4 is 0 Å². The summed E-state index contributed by atoms with van der Waals surface area (Å²) >= 11 is 5.80. The van der Waals surface area contributed by atoms with Gasteiger partial charge in [-0.2, -0.15) is 0 Å². The molecule has 0 aliphatic carbocycles. The Hall–Kier alpha value is -1.07. The standard InChI is InChI=1S/C9H13ClN2O3/c1-3-12-5-11-9(10)8(12)6(13)4-7(14)15-2/h5-6,13H,3-4H2,1-2H3. The van der Waals surface area contributed by atoms with E-state index in [-0.39, 0.29) is 11.6 Å². The maximum absolute atomic E-state index is 11.0. The first-order valence-corrected chi connectivity index (χ1v) is 4.93. The van der Waals surface area contributed by atoms with Gasteiger partial charge in [-0.1, -0.05) is 11.6 Å². The lowest BCUT2D eigenvalue weighted by Gasteiger charge is -2.11. The normalized spacial score (nSPS) is 12.5. The van der Waals surface area contributed by atoms with Crippen molar-refractivity contribution in [2.45, 2.75) is 26.0 Å². The molecule has 0 spiro atoms. The number of methoxy groups -OCH3 is 1. The third-order valence-electron chi connectivity index (χ3n) is 2.08. The summed E-state index contributed by atoms with van der Waals surface area (Å²) in [5, 5.41) is 9.97. The summed E-state index contributed by atoms with van der Waals surface area (Å²) in [7, 11) is 1.27. The maximum Gasteiger partial charge on any atom is 0.308 e. The second-order valence-corrected chi connectivity index (χ2v) is 3.36. The fraction of sp³-hybridized carbons (Fsp3) is 0.556. The molecule has 0 saturated carbocycles. The summed E-state index contributed by atoms with van der Waals surface area (Å²) in [6, 6.07) is 0. The zero-order valence-electron chi connectivity index (χ0n) is 8.61. The monoisotopic (exact) mass is 232 g/mol. The molecule has 0 amide bonds. The van der Waals surface area contributed by atoms with Crippen molar-refractivity contribution < 1.29 is 14.6 Å². The van der Waals surface area contributed by atoms with E-state index in [1.165, 1.54) is 13.4 Å². The fourth-order valence-corrected chi connectivity index (χ4v) is 1.56. The Balaban J connectivity index is 2.84. The van der Waals surface area contributed by atoms with E-state index in [1.807, 2.05) is 6.92 Å². The molecule has 6 heteroatoms. The first-order chi connectivity index (χ1) is 7.10. The smallest absolute Gasteiger partial charge is 0.308 e. The largest absolute Gasteiger partial charge is 0.469 e. The lowest BCUT2D eigenvalue weighted by molar-refractivity contribution is -0.143. The number of rotatable bonds is 4. The van der Waals surface area contributed by atoms with Crippen LogP contribution in [0.15, 0.2) is 6.33 Å². The van der Waals surface area contributed by atoms with Crippen LogP contribution in [0, 0.1) is 0 Å². The second kappa shape index (κ2) is 5.14. The molecule has 1 aromatic rings.